The molecule has 1 aliphatic rings. The fourth-order valence-corrected chi connectivity index (χ4v) is 4.77. The summed E-state index contributed by atoms with van der Waals surface area (Å²) >= 11 is 3.61. The van der Waals surface area contributed by atoms with E-state index in [0.717, 1.165) is 41.6 Å². The van der Waals surface area contributed by atoms with Gasteiger partial charge in [-0.15, -0.1) is 0 Å². The predicted molar refractivity (Wildman–Crippen MR) is 107 cm³/mol. The average Bonchev–Trinajstić information content (AvgIpc) is 3.19. The van der Waals surface area contributed by atoms with Crippen molar-refractivity contribution in [3.05, 3.63) is 35.1 Å². The molecule has 1 fully saturated rings. The van der Waals surface area contributed by atoms with E-state index in [1.165, 1.54) is 21.8 Å². The summed E-state index contributed by atoms with van der Waals surface area (Å²) in [7, 11) is 1.99. The second kappa shape index (κ2) is 6.06. The van der Waals surface area contributed by atoms with Gasteiger partial charge >= 0.3 is 0 Å². The molecule has 0 N–H and O–H groups in total. The first-order valence-electron chi connectivity index (χ1n) is 9.13. The first-order valence-corrected chi connectivity index (χ1v) is 9.92. The van der Waals surface area contributed by atoms with Crippen molar-refractivity contribution >= 4 is 48.8 Å². The molecule has 1 atom stereocenters. The van der Waals surface area contributed by atoms with Crippen LogP contribution in [0.2, 0.25) is 0 Å². The number of benzene rings is 1. The number of halogens is 1. The van der Waals surface area contributed by atoms with Gasteiger partial charge in [-0.1, -0.05) is 0 Å². The third kappa shape index (κ3) is 2.32. The van der Waals surface area contributed by atoms with E-state index in [2.05, 4.69) is 50.7 Å². The van der Waals surface area contributed by atoms with E-state index in [4.69, 9.17) is 9.72 Å². The van der Waals surface area contributed by atoms with E-state index >= 15 is 0 Å². The van der Waals surface area contributed by atoms with Gasteiger partial charge in [0.1, 0.15) is 0 Å². The van der Waals surface area contributed by atoms with Crippen molar-refractivity contribution in [2.24, 2.45) is 13.0 Å². The molecule has 4 aromatic rings. The SMILES string of the molecule is C[C@H](C1CCOCC1)n1c2cc(Br)cnc2c2c3cnn(C)c3ccc21. The fourth-order valence-electron chi connectivity index (χ4n) is 4.45. The molecule has 1 aliphatic heterocycles. The molecule has 0 unspecified atom stereocenters. The van der Waals surface area contributed by atoms with Gasteiger partial charge in [0.05, 0.1) is 28.3 Å². The lowest BCUT2D eigenvalue weighted by atomic mass is 9.92. The minimum Gasteiger partial charge on any atom is -0.381 e. The summed E-state index contributed by atoms with van der Waals surface area (Å²) in [4.78, 5) is 4.79. The van der Waals surface area contributed by atoms with Crippen LogP contribution in [0, 0.1) is 5.92 Å². The third-order valence-corrected chi connectivity index (χ3v) is 6.29. The highest BCUT2D eigenvalue weighted by Gasteiger charge is 2.26. The number of aryl methyl sites for hydroxylation is 1. The second-order valence-corrected chi connectivity index (χ2v) is 8.16. The van der Waals surface area contributed by atoms with Crippen LogP contribution in [0.15, 0.2) is 35.1 Å². The molecule has 0 spiro atoms. The van der Waals surface area contributed by atoms with Crippen LogP contribution in [0.25, 0.3) is 32.8 Å². The maximum atomic E-state index is 5.58. The first kappa shape index (κ1) is 16.3. The minimum absolute atomic E-state index is 0.393. The molecule has 1 aromatic carbocycles. The molecular formula is C20H21BrN4O. The van der Waals surface area contributed by atoms with Gasteiger partial charge in [-0.05, 0) is 59.8 Å². The van der Waals surface area contributed by atoms with Crippen LogP contribution >= 0.6 is 15.9 Å². The van der Waals surface area contributed by atoms with E-state index in [9.17, 15) is 0 Å². The summed E-state index contributed by atoms with van der Waals surface area (Å²) in [5.74, 6) is 0.617. The van der Waals surface area contributed by atoms with Crippen molar-refractivity contribution in [3.63, 3.8) is 0 Å². The third-order valence-electron chi connectivity index (χ3n) is 5.85. The summed E-state index contributed by atoms with van der Waals surface area (Å²) in [6, 6.07) is 6.99. The Hall–Kier alpha value is -1.92. The molecule has 5 nitrogen and oxygen atoms in total. The minimum atomic E-state index is 0.393. The maximum Gasteiger partial charge on any atom is 0.0968 e. The van der Waals surface area contributed by atoms with Crippen molar-refractivity contribution in [1.82, 2.24) is 19.3 Å². The zero-order valence-electron chi connectivity index (χ0n) is 14.9. The highest BCUT2D eigenvalue weighted by Crippen LogP contribution is 2.39. The maximum absolute atomic E-state index is 5.58. The molecule has 134 valence electrons. The molecule has 0 saturated carbocycles. The molecule has 5 rings (SSSR count). The number of aromatic nitrogens is 4. The topological polar surface area (TPSA) is 44.9 Å². The number of pyridine rings is 1. The Bertz CT molecular complexity index is 1120. The summed E-state index contributed by atoms with van der Waals surface area (Å²) in [5, 5.41) is 6.84. The van der Waals surface area contributed by atoms with Crippen molar-refractivity contribution < 1.29 is 4.74 Å². The van der Waals surface area contributed by atoms with Gasteiger partial charge < -0.3 is 9.30 Å². The number of rotatable bonds is 2. The van der Waals surface area contributed by atoms with Crippen molar-refractivity contribution in [1.29, 1.82) is 0 Å². The molecule has 0 radical (unpaired) electrons. The van der Waals surface area contributed by atoms with Crippen LogP contribution in [0.1, 0.15) is 25.8 Å². The molecule has 6 heteroatoms. The van der Waals surface area contributed by atoms with Gasteiger partial charge in [0.15, 0.2) is 0 Å². The van der Waals surface area contributed by atoms with Crippen LogP contribution < -0.4 is 0 Å². The van der Waals surface area contributed by atoms with Gasteiger partial charge in [-0.25, -0.2) is 0 Å². The van der Waals surface area contributed by atoms with E-state index < -0.39 is 0 Å². The monoisotopic (exact) mass is 412 g/mol. The molecule has 0 aliphatic carbocycles. The predicted octanol–water partition coefficient (Wildman–Crippen LogP) is 4.83. The number of hydrogen-bond donors (Lipinski definition) is 0. The van der Waals surface area contributed by atoms with Gasteiger partial charge in [-0.3, -0.25) is 9.67 Å². The van der Waals surface area contributed by atoms with Gasteiger partial charge in [-0.2, -0.15) is 5.10 Å². The summed E-state index contributed by atoms with van der Waals surface area (Å²) in [6.07, 6.45) is 6.07. The molecule has 0 bridgehead atoms. The van der Waals surface area contributed by atoms with Crippen LogP contribution in [-0.4, -0.2) is 32.5 Å². The number of fused-ring (bicyclic) bond motifs is 5. The molecule has 1 saturated heterocycles. The second-order valence-electron chi connectivity index (χ2n) is 7.24. The van der Waals surface area contributed by atoms with E-state index in [-0.39, 0.29) is 0 Å². The number of hydrogen-bond acceptors (Lipinski definition) is 3. The van der Waals surface area contributed by atoms with Gasteiger partial charge in [0.2, 0.25) is 0 Å². The van der Waals surface area contributed by atoms with E-state index in [1.54, 1.807) is 0 Å². The lowest BCUT2D eigenvalue weighted by molar-refractivity contribution is 0.0525. The molecule has 3 aromatic heterocycles. The first-order chi connectivity index (χ1) is 12.6. The Balaban J connectivity index is 1.85. The quantitative estimate of drug-likeness (QED) is 0.473. The van der Waals surface area contributed by atoms with Gasteiger partial charge in [0, 0.05) is 47.7 Å². The largest absolute Gasteiger partial charge is 0.381 e. The van der Waals surface area contributed by atoms with Crippen molar-refractivity contribution in [2.45, 2.75) is 25.8 Å². The Morgan fingerprint density at radius 2 is 1.92 bits per heavy atom. The van der Waals surface area contributed by atoms with Crippen molar-refractivity contribution in [2.75, 3.05) is 13.2 Å². The molecular weight excluding hydrogens is 392 g/mol. The normalized spacial score (nSPS) is 17.5. The highest BCUT2D eigenvalue weighted by atomic mass is 79.9. The van der Waals surface area contributed by atoms with Crippen LogP contribution in [0.3, 0.4) is 0 Å². The Morgan fingerprint density at radius 3 is 2.73 bits per heavy atom. The zero-order chi connectivity index (χ0) is 17.8. The van der Waals surface area contributed by atoms with Crippen LogP contribution in [0.5, 0.6) is 0 Å². The Morgan fingerprint density at radius 1 is 1.15 bits per heavy atom. The van der Waals surface area contributed by atoms with E-state index in [1.807, 2.05) is 24.1 Å². The molecule has 4 heterocycles. The molecule has 0 amide bonds. The average molecular weight is 413 g/mol. The Labute approximate surface area is 160 Å². The Kier molecular flexibility index (Phi) is 3.79. The summed E-state index contributed by atoms with van der Waals surface area (Å²) in [6.45, 7) is 4.06. The van der Waals surface area contributed by atoms with Crippen LogP contribution in [0.4, 0.5) is 0 Å². The van der Waals surface area contributed by atoms with Crippen molar-refractivity contribution in [3.8, 4) is 0 Å². The zero-order valence-corrected chi connectivity index (χ0v) is 16.5. The lowest BCUT2D eigenvalue weighted by Crippen LogP contribution is -2.24. The summed E-state index contributed by atoms with van der Waals surface area (Å²) < 4.78 is 11.0. The van der Waals surface area contributed by atoms with E-state index in [0.29, 0.717) is 12.0 Å². The number of nitrogens with zero attached hydrogens (tertiary/aromatic N) is 4. The number of ether oxygens (including phenoxy) is 1. The smallest absolute Gasteiger partial charge is 0.0968 e. The standard InChI is InChI=1S/C20H21BrN4O/c1-12(13-5-7-26-8-6-13)25-17-4-3-16-15(11-23-24(16)2)19(17)20-18(25)9-14(21)10-22-20/h3-4,9-13H,5-8H2,1-2H3/t12-/m1/s1. The molecule has 26 heavy (non-hydrogen) atoms. The lowest BCUT2D eigenvalue weighted by Gasteiger charge is -2.30. The fraction of sp³-hybridized carbons (Fsp3) is 0.400. The van der Waals surface area contributed by atoms with Gasteiger partial charge in [0.25, 0.3) is 0 Å². The highest BCUT2D eigenvalue weighted by molar-refractivity contribution is 9.10. The van der Waals surface area contributed by atoms with Crippen LogP contribution in [-0.2, 0) is 11.8 Å². The summed E-state index contributed by atoms with van der Waals surface area (Å²) in [5.41, 5.74) is 4.62.